The molecular weight excluding hydrogens is 292 g/mol. The van der Waals surface area contributed by atoms with E-state index in [9.17, 15) is 4.79 Å². The molecule has 0 spiro atoms. The van der Waals surface area contributed by atoms with E-state index in [1.165, 1.54) is 0 Å². The van der Waals surface area contributed by atoms with Crippen molar-refractivity contribution in [2.45, 2.75) is 33.8 Å². The number of amides is 1. The van der Waals surface area contributed by atoms with Crippen LogP contribution >= 0.6 is 0 Å². The summed E-state index contributed by atoms with van der Waals surface area (Å²) in [6.45, 7) is 16.2. The highest BCUT2D eigenvalue weighted by Gasteiger charge is 2.20. The monoisotopic (exact) mass is 328 g/mol. The Morgan fingerprint density at radius 1 is 0.783 bits per heavy atom. The van der Waals surface area contributed by atoms with Crippen molar-refractivity contribution in [1.82, 2.24) is 19.8 Å². The Hall–Kier alpha value is -0.690. The van der Waals surface area contributed by atoms with Crippen LogP contribution in [0.15, 0.2) is 0 Å². The second-order valence-electron chi connectivity index (χ2n) is 7.17. The largest absolute Gasteiger partial charge is 0.340 e. The van der Waals surface area contributed by atoms with Gasteiger partial charge in [0.1, 0.15) is 0 Å². The summed E-state index contributed by atoms with van der Waals surface area (Å²) in [5.74, 6) is 0.441. The van der Waals surface area contributed by atoms with Crippen LogP contribution in [-0.4, -0.2) is 98.2 Å². The predicted octanol–water partition coefficient (Wildman–Crippen LogP) is 0.990. The minimum absolute atomic E-state index is 0.147. The van der Waals surface area contributed by atoms with E-state index in [0.717, 1.165) is 52.4 Å². The SMILES string of the molecule is CC(C)C(=O)N1CCN(C)CC1.CC(C)ON1CCN(C)CC1. The molecule has 0 bridgehead atoms. The molecule has 2 heterocycles. The number of carbonyl (C=O) groups is 1. The summed E-state index contributed by atoms with van der Waals surface area (Å²) in [6, 6.07) is 0. The molecule has 0 unspecified atom stereocenters. The lowest BCUT2D eigenvalue weighted by Gasteiger charge is -2.33. The van der Waals surface area contributed by atoms with Crippen LogP contribution in [0.25, 0.3) is 0 Å². The molecular formula is C17H36N4O2. The molecule has 0 saturated carbocycles. The lowest BCUT2D eigenvalue weighted by Crippen LogP contribution is -2.48. The minimum atomic E-state index is 0.147. The fraction of sp³-hybridized carbons (Fsp3) is 0.941. The molecule has 2 aliphatic rings. The number of carbonyl (C=O) groups excluding carboxylic acids is 1. The van der Waals surface area contributed by atoms with Crippen molar-refractivity contribution in [3.05, 3.63) is 0 Å². The fourth-order valence-electron chi connectivity index (χ4n) is 2.58. The molecule has 2 fully saturated rings. The molecule has 1 amide bonds. The van der Waals surface area contributed by atoms with E-state index < -0.39 is 0 Å². The second kappa shape index (κ2) is 10.2. The van der Waals surface area contributed by atoms with Crippen LogP contribution in [0.5, 0.6) is 0 Å². The van der Waals surface area contributed by atoms with E-state index in [0.29, 0.717) is 12.0 Å². The highest BCUT2D eigenvalue weighted by molar-refractivity contribution is 5.78. The van der Waals surface area contributed by atoms with Crippen molar-refractivity contribution < 1.29 is 9.63 Å². The van der Waals surface area contributed by atoms with Gasteiger partial charge >= 0.3 is 0 Å². The number of nitrogens with zero attached hydrogens (tertiary/aromatic N) is 4. The summed E-state index contributed by atoms with van der Waals surface area (Å²) < 4.78 is 0. The van der Waals surface area contributed by atoms with Crippen molar-refractivity contribution in [3.63, 3.8) is 0 Å². The number of hydroxylamine groups is 2. The predicted molar refractivity (Wildman–Crippen MR) is 94.2 cm³/mol. The number of piperazine rings is 2. The standard InChI is InChI=1S/C9H18N2O.C8H18N2O/c1-8(2)9(12)11-6-4-10(3)5-7-11;1-8(2)11-10-6-4-9(3)5-7-10/h8H,4-7H2,1-3H3;8H,4-7H2,1-3H3. The van der Waals surface area contributed by atoms with Crippen molar-refractivity contribution in [2.75, 3.05) is 66.5 Å². The van der Waals surface area contributed by atoms with Gasteiger partial charge in [0.25, 0.3) is 0 Å². The Kier molecular flexibility index (Phi) is 9.06. The summed E-state index contributed by atoms with van der Waals surface area (Å²) in [4.78, 5) is 23.6. The first-order valence-electron chi connectivity index (χ1n) is 8.87. The van der Waals surface area contributed by atoms with Gasteiger partial charge in [0, 0.05) is 58.3 Å². The first-order valence-corrected chi connectivity index (χ1v) is 8.87. The lowest BCUT2D eigenvalue weighted by molar-refractivity contribution is -0.200. The molecule has 136 valence electrons. The van der Waals surface area contributed by atoms with Gasteiger partial charge in [-0.3, -0.25) is 9.63 Å². The van der Waals surface area contributed by atoms with Gasteiger partial charge < -0.3 is 14.7 Å². The Labute approximate surface area is 142 Å². The van der Waals surface area contributed by atoms with E-state index in [4.69, 9.17) is 4.84 Å². The van der Waals surface area contributed by atoms with Crippen LogP contribution in [0.2, 0.25) is 0 Å². The molecule has 0 radical (unpaired) electrons. The molecule has 2 rings (SSSR count). The van der Waals surface area contributed by atoms with E-state index >= 15 is 0 Å². The van der Waals surface area contributed by atoms with Crippen molar-refractivity contribution in [2.24, 2.45) is 5.92 Å². The molecule has 23 heavy (non-hydrogen) atoms. The summed E-state index contributed by atoms with van der Waals surface area (Å²) in [6.07, 6.45) is 0.318. The van der Waals surface area contributed by atoms with Crippen LogP contribution < -0.4 is 0 Å². The summed E-state index contributed by atoms with van der Waals surface area (Å²) in [7, 11) is 4.24. The number of likely N-dealkylation sites (N-methyl/N-ethyl adjacent to an activating group) is 2. The van der Waals surface area contributed by atoms with Gasteiger partial charge in [-0.1, -0.05) is 13.8 Å². The Balaban J connectivity index is 0.000000231. The quantitative estimate of drug-likeness (QED) is 0.773. The van der Waals surface area contributed by atoms with Crippen LogP contribution in [0.1, 0.15) is 27.7 Å². The fourth-order valence-corrected chi connectivity index (χ4v) is 2.58. The summed E-state index contributed by atoms with van der Waals surface area (Å²) >= 11 is 0. The van der Waals surface area contributed by atoms with Gasteiger partial charge in [0.05, 0.1) is 6.10 Å². The molecule has 0 aromatic carbocycles. The van der Waals surface area contributed by atoms with Gasteiger partial charge in [0.2, 0.25) is 5.91 Å². The molecule has 0 aliphatic carbocycles. The Morgan fingerprint density at radius 2 is 1.22 bits per heavy atom. The zero-order valence-corrected chi connectivity index (χ0v) is 15.9. The third-order valence-corrected chi connectivity index (χ3v) is 4.13. The summed E-state index contributed by atoms with van der Waals surface area (Å²) in [5, 5.41) is 2.06. The zero-order chi connectivity index (χ0) is 17.4. The Morgan fingerprint density at radius 3 is 1.61 bits per heavy atom. The Bertz CT molecular complexity index is 333. The molecule has 2 aliphatic heterocycles. The average molecular weight is 329 g/mol. The first-order chi connectivity index (χ1) is 10.8. The van der Waals surface area contributed by atoms with E-state index in [-0.39, 0.29) is 5.92 Å². The van der Waals surface area contributed by atoms with Gasteiger partial charge in [-0.05, 0) is 27.9 Å². The van der Waals surface area contributed by atoms with Crippen LogP contribution in [0.4, 0.5) is 0 Å². The van der Waals surface area contributed by atoms with E-state index in [1.54, 1.807) is 0 Å². The smallest absolute Gasteiger partial charge is 0.225 e. The summed E-state index contributed by atoms with van der Waals surface area (Å²) in [5.41, 5.74) is 0. The van der Waals surface area contributed by atoms with Crippen molar-refractivity contribution >= 4 is 5.91 Å². The third-order valence-electron chi connectivity index (χ3n) is 4.13. The second-order valence-corrected chi connectivity index (χ2v) is 7.17. The third kappa shape index (κ3) is 8.11. The zero-order valence-electron chi connectivity index (χ0n) is 15.9. The topological polar surface area (TPSA) is 39.3 Å². The molecule has 6 heteroatoms. The highest BCUT2D eigenvalue weighted by Crippen LogP contribution is 2.05. The van der Waals surface area contributed by atoms with Gasteiger partial charge in [-0.2, -0.15) is 5.06 Å². The maximum absolute atomic E-state index is 11.5. The van der Waals surface area contributed by atoms with Gasteiger partial charge in [0.15, 0.2) is 0 Å². The molecule has 0 N–H and O–H groups in total. The molecule has 6 nitrogen and oxygen atoms in total. The van der Waals surface area contributed by atoms with Gasteiger partial charge in [-0.25, -0.2) is 0 Å². The van der Waals surface area contributed by atoms with Gasteiger partial charge in [-0.15, -0.1) is 0 Å². The van der Waals surface area contributed by atoms with E-state index in [2.05, 4.69) is 42.8 Å². The first kappa shape index (κ1) is 20.4. The van der Waals surface area contributed by atoms with Crippen molar-refractivity contribution in [3.8, 4) is 0 Å². The van der Waals surface area contributed by atoms with Crippen LogP contribution in [-0.2, 0) is 9.63 Å². The normalized spacial score (nSPS) is 21.5. The maximum atomic E-state index is 11.5. The number of rotatable bonds is 3. The maximum Gasteiger partial charge on any atom is 0.225 e. The minimum Gasteiger partial charge on any atom is -0.340 e. The molecule has 0 aromatic heterocycles. The van der Waals surface area contributed by atoms with Crippen LogP contribution in [0.3, 0.4) is 0 Å². The molecule has 2 saturated heterocycles. The lowest BCUT2D eigenvalue weighted by atomic mass is 10.2. The number of hydrogen-bond acceptors (Lipinski definition) is 5. The highest BCUT2D eigenvalue weighted by atomic mass is 16.7. The van der Waals surface area contributed by atoms with E-state index in [1.807, 2.05) is 18.7 Å². The molecule has 0 atom stereocenters. The average Bonchev–Trinajstić information content (AvgIpc) is 2.50. The number of hydrogen-bond donors (Lipinski definition) is 0. The molecule has 0 aromatic rings. The van der Waals surface area contributed by atoms with Crippen molar-refractivity contribution in [1.29, 1.82) is 0 Å². The van der Waals surface area contributed by atoms with Crippen LogP contribution in [0, 0.1) is 5.92 Å².